The summed E-state index contributed by atoms with van der Waals surface area (Å²) < 4.78 is 13.7. The number of nitrogens with zero attached hydrogens (tertiary/aromatic N) is 2. The summed E-state index contributed by atoms with van der Waals surface area (Å²) in [5.41, 5.74) is 1.78. The molecule has 0 fully saturated rings. The standard InChI is InChI=1S/C39H47N2O3P/c1-25-23-32(39(4,5)6)36(42)35(24-25)45(33-21-19-28-15-11-13-17-30(28)37(33)43-26(2)40(7)8)34-22-20-29-16-12-14-18-31(29)38(34)44-27(3)41(9)10/h11-24,26-27,42H,1-10H3. The number of fused-ring (bicyclic) bond motifs is 2. The van der Waals surface area contributed by atoms with E-state index in [1.165, 1.54) is 0 Å². The SMILES string of the molecule is Cc1cc(P(c2ccc3ccccc3c2OC(C)N(C)C)c2ccc3ccccc3c2OC(C)N(C)C)c(O)c(C(C)(C)C)c1. The van der Waals surface area contributed by atoms with Crippen molar-refractivity contribution in [2.45, 2.75) is 59.4 Å². The predicted molar refractivity (Wildman–Crippen MR) is 193 cm³/mol. The highest BCUT2D eigenvalue weighted by atomic mass is 31.1. The van der Waals surface area contributed by atoms with Gasteiger partial charge in [0, 0.05) is 32.2 Å². The van der Waals surface area contributed by atoms with Crippen molar-refractivity contribution in [2.24, 2.45) is 0 Å². The molecule has 236 valence electrons. The van der Waals surface area contributed by atoms with Crippen LogP contribution in [0.3, 0.4) is 0 Å². The van der Waals surface area contributed by atoms with Crippen LogP contribution in [0.5, 0.6) is 17.2 Å². The molecular weight excluding hydrogens is 575 g/mol. The number of benzene rings is 5. The van der Waals surface area contributed by atoms with Crippen LogP contribution in [-0.4, -0.2) is 55.6 Å². The van der Waals surface area contributed by atoms with E-state index >= 15 is 0 Å². The molecule has 5 rings (SSSR count). The first kappa shape index (κ1) is 32.8. The van der Waals surface area contributed by atoms with Crippen molar-refractivity contribution in [2.75, 3.05) is 28.2 Å². The third-order valence-corrected chi connectivity index (χ3v) is 11.0. The molecule has 0 aliphatic rings. The van der Waals surface area contributed by atoms with Gasteiger partial charge in [0.05, 0.1) is 0 Å². The van der Waals surface area contributed by atoms with E-state index in [1.807, 2.05) is 28.2 Å². The van der Waals surface area contributed by atoms with Gasteiger partial charge in [-0.15, -0.1) is 0 Å². The van der Waals surface area contributed by atoms with E-state index in [1.54, 1.807) is 0 Å². The molecule has 0 bridgehead atoms. The van der Waals surface area contributed by atoms with Crippen molar-refractivity contribution < 1.29 is 14.6 Å². The first-order valence-electron chi connectivity index (χ1n) is 15.6. The Morgan fingerprint density at radius 2 is 1.09 bits per heavy atom. The van der Waals surface area contributed by atoms with Crippen LogP contribution in [0.1, 0.15) is 45.7 Å². The molecule has 0 aromatic heterocycles. The van der Waals surface area contributed by atoms with Gasteiger partial charge in [-0.1, -0.05) is 87.5 Å². The third-order valence-electron chi connectivity index (χ3n) is 8.51. The number of aromatic hydroxyl groups is 1. The predicted octanol–water partition coefficient (Wildman–Crippen LogP) is 7.64. The van der Waals surface area contributed by atoms with Gasteiger partial charge in [-0.3, -0.25) is 9.80 Å². The van der Waals surface area contributed by atoms with Gasteiger partial charge in [-0.25, -0.2) is 0 Å². The number of phenols is 1. The zero-order valence-electron chi connectivity index (χ0n) is 28.3. The monoisotopic (exact) mass is 622 g/mol. The van der Waals surface area contributed by atoms with Gasteiger partial charge in [0.25, 0.3) is 0 Å². The van der Waals surface area contributed by atoms with Crippen LogP contribution >= 0.6 is 7.92 Å². The smallest absolute Gasteiger partial charge is 0.149 e. The molecule has 5 aromatic carbocycles. The van der Waals surface area contributed by atoms with Crippen LogP contribution in [0.4, 0.5) is 0 Å². The zero-order valence-corrected chi connectivity index (χ0v) is 29.2. The normalized spacial score (nSPS) is 14.2. The Morgan fingerprint density at radius 1 is 0.644 bits per heavy atom. The van der Waals surface area contributed by atoms with Gasteiger partial charge in [-0.2, -0.15) is 0 Å². The molecule has 5 nitrogen and oxygen atoms in total. The van der Waals surface area contributed by atoms with E-state index < -0.39 is 7.92 Å². The molecule has 0 saturated heterocycles. The second-order valence-electron chi connectivity index (χ2n) is 13.4. The van der Waals surface area contributed by atoms with Crippen LogP contribution < -0.4 is 25.4 Å². The molecule has 6 heteroatoms. The number of phenolic OH excluding ortho intramolecular Hbond substituents is 1. The van der Waals surface area contributed by atoms with Gasteiger partial charge in [0.1, 0.15) is 29.7 Å². The molecule has 0 aliphatic carbocycles. The molecule has 0 saturated carbocycles. The van der Waals surface area contributed by atoms with Crippen LogP contribution in [0, 0.1) is 6.92 Å². The number of hydrogen-bond donors (Lipinski definition) is 1. The average Bonchev–Trinajstić information content (AvgIpc) is 2.99. The van der Waals surface area contributed by atoms with Crippen molar-refractivity contribution in [3.63, 3.8) is 0 Å². The summed E-state index contributed by atoms with van der Waals surface area (Å²) in [6, 6.07) is 29.8. The summed E-state index contributed by atoms with van der Waals surface area (Å²) >= 11 is 0. The Balaban J connectivity index is 1.93. The summed E-state index contributed by atoms with van der Waals surface area (Å²) in [6.07, 6.45) is -0.354. The van der Waals surface area contributed by atoms with Crippen molar-refractivity contribution in [1.29, 1.82) is 0 Å². The number of rotatable bonds is 9. The molecule has 0 aliphatic heterocycles. The van der Waals surface area contributed by atoms with E-state index in [0.717, 1.165) is 60.1 Å². The minimum atomic E-state index is -1.37. The lowest BCUT2D eigenvalue weighted by atomic mass is 9.85. The fourth-order valence-electron chi connectivity index (χ4n) is 5.51. The number of ether oxygens (including phenoxy) is 2. The highest BCUT2D eigenvalue weighted by molar-refractivity contribution is 7.80. The van der Waals surface area contributed by atoms with E-state index in [2.05, 4.69) is 136 Å². The summed E-state index contributed by atoms with van der Waals surface area (Å²) in [5.74, 6) is 2.00. The molecule has 0 amide bonds. The van der Waals surface area contributed by atoms with Crippen molar-refractivity contribution >= 4 is 45.4 Å². The Kier molecular flexibility index (Phi) is 9.46. The van der Waals surface area contributed by atoms with Crippen LogP contribution in [0.2, 0.25) is 0 Å². The van der Waals surface area contributed by atoms with E-state index in [0.29, 0.717) is 5.75 Å². The van der Waals surface area contributed by atoms with Crippen molar-refractivity contribution in [1.82, 2.24) is 9.80 Å². The summed E-state index contributed by atoms with van der Waals surface area (Å²) in [4.78, 5) is 4.14. The van der Waals surface area contributed by atoms with Crippen molar-refractivity contribution in [3.8, 4) is 17.2 Å². The Morgan fingerprint density at radius 3 is 1.51 bits per heavy atom. The summed E-state index contributed by atoms with van der Waals surface area (Å²) in [7, 11) is 6.73. The highest BCUT2D eigenvalue weighted by Crippen LogP contribution is 2.47. The fraction of sp³-hybridized carbons (Fsp3) is 0.333. The average molecular weight is 623 g/mol. The minimum absolute atomic E-state index is 0.177. The molecule has 2 unspecified atom stereocenters. The van der Waals surface area contributed by atoms with Crippen molar-refractivity contribution in [3.05, 3.63) is 96.1 Å². The maximum atomic E-state index is 12.2. The molecule has 2 atom stereocenters. The van der Waals surface area contributed by atoms with E-state index in [9.17, 15) is 5.11 Å². The van der Waals surface area contributed by atoms with E-state index in [-0.39, 0.29) is 17.9 Å². The van der Waals surface area contributed by atoms with Gasteiger partial charge in [0.2, 0.25) is 0 Å². The number of aryl methyl sites for hydroxylation is 1. The fourth-order valence-corrected chi connectivity index (χ4v) is 8.15. The molecule has 0 spiro atoms. The van der Waals surface area contributed by atoms with Gasteiger partial charge < -0.3 is 14.6 Å². The zero-order chi connectivity index (χ0) is 32.6. The van der Waals surface area contributed by atoms with Crippen LogP contribution in [-0.2, 0) is 5.41 Å². The summed E-state index contributed by atoms with van der Waals surface area (Å²) in [6.45, 7) is 12.7. The lowest BCUT2D eigenvalue weighted by Gasteiger charge is -2.31. The largest absolute Gasteiger partial charge is 0.507 e. The minimum Gasteiger partial charge on any atom is -0.507 e. The molecular formula is C39H47N2O3P. The third kappa shape index (κ3) is 6.67. The molecule has 45 heavy (non-hydrogen) atoms. The van der Waals surface area contributed by atoms with Gasteiger partial charge >= 0.3 is 0 Å². The maximum Gasteiger partial charge on any atom is 0.149 e. The Bertz CT molecular complexity index is 1730. The summed E-state index contributed by atoms with van der Waals surface area (Å²) in [5, 5.41) is 19.5. The first-order valence-corrected chi connectivity index (χ1v) is 17.0. The molecule has 1 N–H and O–H groups in total. The lowest BCUT2D eigenvalue weighted by Crippen LogP contribution is -2.34. The Hall–Kier alpha value is -3.63. The molecule has 5 aromatic rings. The second kappa shape index (κ2) is 13.0. The van der Waals surface area contributed by atoms with Crippen LogP contribution in [0.25, 0.3) is 21.5 Å². The first-order chi connectivity index (χ1) is 21.3. The van der Waals surface area contributed by atoms with Gasteiger partial charge in [0.15, 0.2) is 0 Å². The topological polar surface area (TPSA) is 45.2 Å². The van der Waals surface area contributed by atoms with Crippen LogP contribution in [0.15, 0.2) is 84.9 Å². The number of hydrogen-bond acceptors (Lipinski definition) is 5. The van der Waals surface area contributed by atoms with E-state index in [4.69, 9.17) is 9.47 Å². The molecule has 0 heterocycles. The highest BCUT2D eigenvalue weighted by Gasteiger charge is 2.32. The molecule has 0 radical (unpaired) electrons. The Labute approximate surface area is 270 Å². The maximum absolute atomic E-state index is 12.2. The lowest BCUT2D eigenvalue weighted by molar-refractivity contribution is 0.0840. The quantitative estimate of drug-likeness (QED) is 0.135. The van der Waals surface area contributed by atoms with Gasteiger partial charge in [-0.05, 0) is 96.8 Å². The second-order valence-corrected chi connectivity index (χ2v) is 15.5.